The molecule has 1 aliphatic heterocycles. The van der Waals surface area contributed by atoms with Crippen LogP contribution >= 0.6 is 0 Å². The SMILES string of the molecule is CC1(C)C2C(=O)N(C(CCC(N)=O)C(=O)O)C(=O)C21. The topological polar surface area (TPSA) is 118 Å². The van der Waals surface area contributed by atoms with Gasteiger partial charge in [-0.25, -0.2) is 4.79 Å². The summed E-state index contributed by atoms with van der Waals surface area (Å²) in [5.41, 5.74) is 4.59. The monoisotopic (exact) mass is 268 g/mol. The van der Waals surface area contributed by atoms with Gasteiger partial charge in [0.15, 0.2) is 0 Å². The lowest BCUT2D eigenvalue weighted by molar-refractivity contribution is -0.157. The third-order valence-electron chi connectivity index (χ3n) is 4.10. The zero-order valence-corrected chi connectivity index (χ0v) is 10.8. The lowest BCUT2D eigenvalue weighted by Gasteiger charge is -2.26. The van der Waals surface area contributed by atoms with E-state index < -0.39 is 41.6 Å². The van der Waals surface area contributed by atoms with Crippen LogP contribution in [0.5, 0.6) is 0 Å². The van der Waals surface area contributed by atoms with Crippen LogP contribution < -0.4 is 5.73 Å². The van der Waals surface area contributed by atoms with E-state index in [1.165, 1.54) is 0 Å². The Kier molecular flexibility index (Phi) is 2.87. The van der Waals surface area contributed by atoms with Crippen LogP contribution in [0.2, 0.25) is 0 Å². The van der Waals surface area contributed by atoms with E-state index in [-0.39, 0.29) is 18.3 Å². The van der Waals surface area contributed by atoms with E-state index in [1.807, 2.05) is 13.8 Å². The molecule has 0 spiro atoms. The van der Waals surface area contributed by atoms with Crippen LogP contribution in [0.15, 0.2) is 0 Å². The normalized spacial score (nSPS) is 29.1. The average Bonchev–Trinajstić information content (AvgIpc) is 2.73. The van der Waals surface area contributed by atoms with E-state index in [0.717, 1.165) is 4.90 Å². The molecule has 7 heteroatoms. The average molecular weight is 268 g/mol. The van der Waals surface area contributed by atoms with Gasteiger partial charge >= 0.3 is 5.97 Å². The second-order valence-corrected chi connectivity index (χ2v) is 5.68. The van der Waals surface area contributed by atoms with Gasteiger partial charge in [-0.05, 0) is 11.8 Å². The second-order valence-electron chi connectivity index (χ2n) is 5.68. The zero-order chi connectivity index (χ0) is 14.5. The molecule has 0 bridgehead atoms. The highest BCUT2D eigenvalue weighted by atomic mass is 16.4. The standard InChI is InChI=1S/C12H16N2O5/c1-12(2)7-8(12)10(17)14(9(7)16)5(11(18)19)3-4-6(13)15/h5,7-8H,3-4H2,1-2H3,(H2,13,15)(H,18,19). The number of likely N-dealkylation sites (tertiary alicyclic amines) is 1. The fourth-order valence-corrected chi connectivity index (χ4v) is 2.92. The molecule has 3 unspecified atom stereocenters. The summed E-state index contributed by atoms with van der Waals surface area (Å²) in [5.74, 6) is -3.68. The molecule has 7 nitrogen and oxygen atoms in total. The van der Waals surface area contributed by atoms with Crippen molar-refractivity contribution in [3.8, 4) is 0 Å². The van der Waals surface area contributed by atoms with Crippen LogP contribution in [0.1, 0.15) is 26.7 Å². The minimum absolute atomic E-state index is 0.137. The largest absolute Gasteiger partial charge is 0.480 e. The number of primary amides is 1. The van der Waals surface area contributed by atoms with Crippen LogP contribution in [-0.4, -0.2) is 39.7 Å². The Morgan fingerprint density at radius 3 is 2.16 bits per heavy atom. The van der Waals surface area contributed by atoms with Gasteiger partial charge < -0.3 is 10.8 Å². The highest BCUT2D eigenvalue weighted by Crippen LogP contribution is 2.63. The molecule has 3 N–H and O–H groups in total. The number of fused-ring (bicyclic) bond motifs is 1. The summed E-state index contributed by atoms with van der Waals surface area (Å²) < 4.78 is 0. The van der Waals surface area contributed by atoms with Crippen molar-refractivity contribution < 1.29 is 24.3 Å². The summed E-state index contributed by atoms with van der Waals surface area (Å²) >= 11 is 0. The highest BCUT2D eigenvalue weighted by molar-refractivity contribution is 6.12. The van der Waals surface area contributed by atoms with E-state index in [1.54, 1.807) is 0 Å². The number of hydrogen-bond acceptors (Lipinski definition) is 4. The van der Waals surface area contributed by atoms with Gasteiger partial charge in [0.2, 0.25) is 17.7 Å². The van der Waals surface area contributed by atoms with Crippen molar-refractivity contribution in [3.63, 3.8) is 0 Å². The molecule has 2 rings (SSSR count). The number of aliphatic carboxylic acids is 1. The molecule has 1 aliphatic carbocycles. The fourth-order valence-electron chi connectivity index (χ4n) is 2.92. The lowest BCUT2D eigenvalue weighted by Crippen LogP contribution is -2.48. The Morgan fingerprint density at radius 1 is 1.32 bits per heavy atom. The molecule has 0 aromatic rings. The molecule has 1 heterocycles. The quantitative estimate of drug-likeness (QED) is 0.642. The van der Waals surface area contributed by atoms with E-state index in [9.17, 15) is 19.2 Å². The molecule has 3 amide bonds. The maximum absolute atomic E-state index is 12.1. The molecular weight excluding hydrogens is 252 g/mol. The van der Waals surface area contributed by atoms with Crippen molar-refractivity contribution in [2.75, 3.05) is 0 Å². The zero-order valence-electron chi connectivity index (χ0n) is 10.8. The Morgan fingerprint density at radius 2 is 1.79 bits per heavy atom. The summed E-state index contributed by atoms with van der Waals surface area (Å²) in [6.07, 6.45) is -0.311. The predicted octanol–water partition coefficient (Wildman–Crippen LogP) is -0.654. The minimum Gasteiger partial charge on any atom is -0.480 e. The molecule has 19 heavy (non-hydrogen) atoms. The molecule has 2 aliphatic rings. The Balaban J connectivity index is 2.16. The van der Waals surface area contributed by atoms with Crippen LogP contribution in [0.3, 0.4) is 0 Å². The molecule has 0 aromatic carbocycles. The maximum Gasteiger partial charge on any atom is 0.326 e. The number of amides is 3. The number of hydrogen-bond donors (Lipinski definition) is 2. The van der Waals surface area contributed by atoms with Gasteiger partial charge in [0.25, 0.3) is 0 Å². The summed E-state index contributed by atoms with van der Waals surface area (Å²) in [6.45, 7) is 3.63. The number of imide groups is 1. The number of nitrogens with zero attached hydrogens (tertiary/aromatic N) is 1. The van der Waals surface area contributed by atoms with Gasteiger partial charge in [-0.15, -0.1) is 0 Å². The number of nitrogens with two attached hydrogens (primary N) is 1. The van der Waals surface area contributed by atoms with Crippen LogP contribution in [-0.2, 0) is 19.2 Å². The second kappa shape index (κ2) is 4.04. The number of rotatable bonds is 5. The van der Waals surface area contributed by atoms with Crippen molar-refractivity contribution in [3.05, 3.63) is 0 Å². The van der Waals surface area contributed by atoms with Crippen LogP contribution in [0.25, 0.3) is 0 Å². The van der Waals surface area contributed by atoms with Gasteiger partial charge in [0, 0.05) is 6.42 Å². The van der Waals surface area contributed by atoms with Crippen molar-refractivity contribution in [1.29, 1.82) is 0 Å². The van der Waals surface area contributed by atoms with Gasteiger partial charge in [-0.2, -0.15) is 0 Å². The van der Waals surface area contributed by atoms with Gasteiger partial charge in [0.1, 0.15) is 6.04 Å². The van der Waals surface area contributed by atoms with Crippen molar-refractivity contribution in [2.24, 2.45) is 23.0 Å². The fraction of sp³-hybridized carbons (Fsp3) is 0.667. The summed E-state index contributed by atoms with van der Waals surface area (Å²) in [5, 5.41) is 9.12. The molecule has 0 radical (unpaired) electrons. The Bertz CT molecular complexity index is 461. The van der Waals surface area contributed by atoms with Crippen LogP contribution in [0, 0.1) is 17.3 Å². The Labute approximate surface area is 109 Å². The molecular formula is C12H16N2O5. The van der Waals surface area contributed by atoms with E-state index in [0.29, 0.717) is 0 Å². The first-order valence-corrected chi connectivity index (χ1v) is 6.07. The smallest absolute Gasteiger partial charge is 0.326 e. The van der Waals surface area contributed by atoms with E-state index in [2.05, 4.69) is 0 Å². The minimum atomic E-state index is -1.30. The highest BCUT2D eigenvalue weighted by Gasteiger charge is 2.73. The molecule has 0 aromatic heterocycles. The first-order valence-electron chi connectivity index (χ1n) is 6.07. The number of carboxylic acid groups (broad SMARTS) is 1. The van der Waals surface area contributed by atoms with E-state index >= 15 is 0 Å². The van der Waals surface area contributed by atoms with Crippen molar-refractivity contribution in [1.82, 2.24) is 4.90 Å². The maximum atomic E-state index is 12.1. The van der Waals surface area contributed by atoms with Crippen molar-refractivity contribution in [2.45, 2.75) is 32.7 Å². The van der Waals surface area contributed by atoms with Crippen LogP contribution in [0.4, 0.5) is 0 Å². The third-order valence-corrected chi connectivity index (χ3v) is 4.10. The molecule has 104 valence electrons. The van der Waals surface area contributed by atoms with Gasteiger partial charge in [-0.3, -0.25) is 19.3 Å². The molecule has 3 atom stereocenters. The van der Waals surface area contributed by atoms with Crippen molar-refractivity contribution >= 4 is 23.7 Å². The summed E-state index contributed by atoms with van der Waals surface area (Å²) in [7, 11) is 0. The molecule has 1 saturated heterocycles. The number of carbonyl (C=O) groups excluding carboxylic acids is 3. The lowest BCUT2D eigenvalue weighted by atomic mass is 10.0. The first kappa shape index (κ1) is 13.5. The number of piperidine rings is 1. The summed E-state index contributed by atoms with van der Waals surface area (Å²) in [6, 6.07) is -1.30. The molecule has 1 saturated carbocycles. The Hall–Kier alpha value is -1.92. The first-order chi connectivity index (χ1) is 8.69. The van der Waals surface area contributed by atoms with Gasteiger partial charge in [0.05, 0.1) is 11.8 Å². The number of carboxylic acids is 1. The third kappa shape index (κ3) is 1.89. The predicted molar refractivity (Wildman–Crippen MR) is 62.5 cm³/mol. The van der Waals surface area contributed by atoms with Gasteiger partial charge in [-0.1, -0.05) is 13.8 Å². The van der Waals surface area contributed by atoms with E-state index in [4.69, 9.17) is 10.8 Å². The molecule has 2 fully saturated rings. The summed E-state index contributed by atoms with van der Waals surface area (Å²) in [4.78, 5) is 46.9. The number of carbonyl (C=O) groups is 4.